The van der Waals surface area contributed by atoms with Crippen LogP contribution in [0, 0.1) is 5.92 Å². The first-order valence-corrected chi connectivity index (χ1v) is 7.66. The zero-order chi connectivity index (χ0) is 13.2. The largest absolute Gasteiger partial charge is 0.377 e. The van der Waals surface area contributed by atoms with E-state index < -0.39 is 0 Å². The molecule has 1 aliphatic heterocycles. The number of hydrogen-bond donors (Lipinski definition) is 1. The molecule has 18 heavy (non-hydrogen) atoms. The van der Waals surface area contributed by atoms with E-state index in [9.17, 15) is 0 Å². The highest BCUT2D eigenvalue weighted by atomic mass is 16.5. The van der Waals surface area contributed by atoms with E-state index in [1.54, 1.807) is 0 Å². The van der Waals surface area contributed by atoms with E-state index in [0.717, 1.165) is 25.6 Å². The highest BCUT2D eigenvalue weighted by molar-refractivity contribution is 5.04. The number of nitrogens with one attached hydrogen (secondary N) is 1. The molecule has 2 fully saturated rings. The highest BCUT2D eigenvalue weighted by Gasteiger charge is 2.47. The van der Waals surface area contributed by atoms with Crippen LogP contribution in [-0.2, 0) is 4.74 Å². The molecule has 0 bridgehead atoms. The van der Waals surface area contributed by atoms with Gasteiger partial charge in [-0.1, -0.05) is 6.92 Å². The van der Waals surface area contributed by atoms with Crippen LogP contribution in [0.1, 0.15) is 47.0 Å². The number of ether oxygens (including phenoxy) is 1. The maximum Gasteiger partial charge on any atom is 0.0597 e. The highest BCUT2D eigenvalue weighted by Crippen LogP contribution is 2.43. The molecule has 3 heteroatoms. The standard InChI is InChI=1S/C15H30N2O/c1-5-14-10-17(8-9-18-12(2)3)15(4,11-16-14)13-6-7-13/h12-14,16H,5-11H2,1-4H3. The Hall–Kier alpha value is -0.120. The van der Waals surface area contributed by atoms with Gasteiger partial charge in [0.15, 0.2) is 0 Å². The van der Waals surface area contributed by atoms with E-state index in [2.05, 4.69) is 37.9 Å². The molecule has 3 nitrogen and oxygen atoms in total. The summed E-state index contributed by atoms with van der Waals surface area (Å²) in [4.78, 5) is 2.69. The molecule has 1 N–H and O–H groups in total. The van der Waals surface area contributed by atoms with Crippen molar-refractivity contribution in [2.24, 2.45) is 5.92 Å². The summed E-state index contributed by atoms with van der Waals surface area (Å²) in [5.41, 5.74) is 0.367. The SMILES string of the molecule is CCC1CN(CCOC(C)C)C(C)(C2CC2)CN1. The first kappa shape index (κ1) is 14.3. The molecule has 2 rings (SSSR count). The molecule has 0 aromatic carbocycles. The fourth-order valence-electron chi connectivity index (χ4n) is 3.13. The Morgan fingerprint density at radius 3 is 2.67 bits per heavy atom. The Balaban J connectivity index is 1.91. The van der Waals surface area contributed by atoms with Crippen LogP contribution in [-0.4, -0.2) is 48.8 Å². The van der Waals surface area contributed by atoms with Crippen molar-refractivity contribution in [3.05, 3.63) is 0 Å². The normalized spacial score (nSPS) is 34.2. The molecule has 1 aliphatic carbocycles. The molecule has 0 aromatic rings. The van der Waals surface area contributed by atoms with Gasteiger partial charge < -0.3 is 10.1 Å². The molecule has 2 unspecified atom stereocenters. The number of piperazine rings is 1. The van der Waals surface area contributed by atoms with Crippen molar-refractivity contribution in [2.75, 3.05) is 26.2 Å². The number of hydrogen-bond acceptors (Lipinski definition) is 3. The van der Waals surface area contributed by atoms with E-state index in [4.69, 9.17) is 4.74 Å². The van der Waals surface area contributed by atoms with Crippen LogP contribution >= 0.6 is 0 Å². The average Bonchev–Trinajstić information content (AvgIpc) is 3.15. The van der Waals surface area contributed by atoms with Gasteiger partial charge >= 0.3 is 0 Å². The Morgan fingerprint density at radius 1 is 1.39 bits per heavy atom. The lowest BCUT2D eigenvalue weighted by Crippen LogP contribution is -2.64. The molecule has 1 heterocycles. The van der Waals surface area contributed by atoms with Crippen molar-refractivity contribution in [2.45, 2.75) is 64.6 Å². The van der Waals surface area contributed by atoms with Gasteiger partial charge in [0.05, 0.1) is 12.7 Å². The summed E-state index contributed by atoms with van der Waals surface area (Å²) in [7, 11) is 0. The van der Waals surface area contributed by atoms with Crippen LogP contribution < -0.4 is 5.32 Å². The Kier molecular flexibility index (Phi) is 4.68. The van der Waals surface area contributed by atoms with Gasteiger partial charge in [-0.2, -0.15) is 0 Å². The molecule has 0 spiro atoms. The summed E-state index contributed by atoms with van der Waals surface area (Å²) >= 11 is 0. The predicted molar refractivity (Wildman–Crippen MR) is 75.9 cm³/mol. The molecule has 106 valence electrons. The van der Waals surface area contributed by atoms with Gasteiger partial charge in [0.25, 0.3) is 0 Å². The second-order valence-electron chi connectivity index (χ2n) is 6.48. The zero-order valence-electron chi connectivity index (χ0n) is 12.5. The summed E-state index contributed by atoms with van der Waals surface area (Å²) in [5, 5.41) is 3.73. The third kappa shape index (κ3) is 3.25. The van der Waals surface area contributed by atoms with E-state index in [1.165, 1.54) is 25.8 Å². The lowest BCUT2D eigenvalue weighted by molar-refractivity contribution is -0.00601. The van der Waals surface area contributed by atoms with E-state index >= 15 is 0 Å². The molecule has 2 aliphatic rings. The third-order valence-corrected chi connectivity index (χ3v) is 4.67. The van der Waals surface area contributed by atoms with Gasteiger partial charge in [-0.25, -0.2) is 0 Å². The van der Waals surface area contributed by atoms with Crippen molar-refractivity contribution in [1.29, 1.82) is 0 Å². The smallest absolute Gasteiger partial charge is 0.0597 e. The van der Waals surface area contributed by atoms with Crippen molar-refractivity contribution in [3.8, 4) is 0 Å². The van der Waals surface area contributed by atoms with Crippen LogP contribution in [0.15, 0.2) is 0 Å². The van der Waals surface area contributed by atoms with Crippen LogP contribution in [0.3, 0.4) is 0 Å². The first-order chi connectivity index (χ1) is 8.56. The lowest BCUT2D eigenvalue weighted by Gasteiger charge is -2.48. The van der Waals surface area contributed by atoms with Crippen molar-refractivity contribution in [3.63, 3.8) is 0 Å². The molecule has 2 atom stereocenters. The topological polar surface area (TPSA) is 24.5 Å². The third-order valence-electron chi connectivity index (χ3n) is 4.67. The van der Waals surface area contributed by atoms with Crippen molar-refractivity contribution < 1.29 is 4.74 Å². The maximum absolute atomic E-state index is 5.74. The zero-order valence-corrected chi connectivity index (χ0v) is 12.5. The van der Waals surface area contributed by atoms with E-state index in [0.29, 0.717) is 17.7 Å². The van der Waals surface area contributed by atoms with Crippen LogP contribution in [0.25, 0.3) is 0 Å². The molecule has 1 saturated carbocycles. The summed E-state index contributed by atoms with van der Waals surface area (Å²) < 4.78 is 5.74. The van der Waals surface area contributed by atoms with Crippen molar-refractivity contribution >= 4 is 0 Å². The minimum atomic E-state index is 0.349. The van der Waals surface area contributed by atoms with Gasteiger partial charge in [-0.3, -0.25) is 4.90 Å². The minimum Gasteiger partial charge on any atom is -0.377 e. The number of nitrogens with zero attached hydrogens (tertiary/aromatic N) is 1. The summed E-state index contributed by atoms with van der Waals surface area (Å²) in [6, 6.07) is 0.663. The minimum absolute atomic E-state index is 0.349. The average molecular weight is 254 g/mol. The predicted octanol–water partition coefficient (Wildman–Crippen LogP) is 2.26. The molecular formula is C15H30N2O. The molecule has 1 saturated heterocycles. The second kappa shape index (κ2) is 5.89. The Bertz CT molecular complexity index is 265. The monoisotopic (exact) mass is 254 g/mol. The lowest BCUT2D eigenvalue weighted by atomic mass is 9.89. The fourth-order valence-corrected chi connectivity index (χ4v) is 3.13. The number of rotatable bonds is 6. The van der Waals surface area contributed by atoms with Gasteiger partial charge in [0.1, 0.15) is 0 Å². The molecule has 0 aromatic heterocycles. The van der Waals surface area contributed by atoms with Crippen LogP contribution in [0.2, 0.25) is 0 Å². The maximum atomic E-state index is 5.74. The molecular weight excluding hydrogens is 224 g/mol. The fraction of sp³-hybridized carbons (Fsp3) is 1.00. The molecule has 0 radical (unpaired) electrons. The second-order valence-corrected chi connectivity index (χ2v) is 6.48. The van der Waals surface area contributed by atoms with Crippen molar-refractivity contribution in [1.82, 2.24) is 10.2 Å². The van der Waals surface area contributed by atoms with Gasteiger partial charge in [0, 0.05) is 31.2 Å². The quantitative estimate of drug-likeness (QED) is 0.787. The van der Waals surface area contributed by atoms with Gasteiger partial charge in [0.2, 0.25) is 0 Å². The summed E-state index contributed by atoms with van der Waals surface area (Å²) in [5.74, 6) is 0.904. The van der Waals surface area contributed by atoms with Gasteiger partial charge in [-0.05, 0) is 46.0 Å². The van der Waals surface area contributed by atoms with Crippen LogP contribution in [0.5, 0.6) is 0 Å². The van der Waals surface area contributed by atoms with Crippen LogP contribution in [0.4, 0.5) is 0 Å². The summed E-state index contributed by atoms with van der Waals surface area (Å²) in [6.07, 6.45) is 4.40. The Morgan fingerprint density at radius 2 is 2.11 bits per heavy atom. The first-order valence-electron chi connectivity index (χ1n) is 7.66. The Labute approximate surface area is 112 Å². The van der Waals surface area contributed by atoms with E-state index in [1.807, 2.05) is 0 Å². The van der Waals surface area contributed by atoms with E-state index in [-0.39, 0.29) is 0 Å². The summed E-state index contributed by atoms with van der Waals surface area (Å²) in [6.45, 7) is 13.3. The molecule has 0 amide bonds. The van der Waals surface area contributed by atoms with Gasteiger partial charge in [-0.15, -0.1) is 0 Å².